The van der Waals surface area contributed by atoms with Crippen molar-refractivity contribution >= 4 is 0 Å². The third-order valence-electron chi connectivity index (χ3n) is 10.4. The van der Waals surface area contributed by atoms with Crippen LogP contribution in [0.15, 0.2) is 0 Å². The van der Waals surface area contributed by atoms with E-state index in [4.69, 9.17) is 0 Å². The molecule has 0 atom stereocenters. The highest BCUT2D eigenvalue weighted by atomic mass is 15.2. The van der Waals surface area contributed by atoms with Gasteiger partial charge in [-0.3, -0.25) is 14.7 Å². The van der Waals surface area contributed by atoms with E-state index in [1.54, 1.807) is 0 Å². The molecule has 6 fully saturated rings. The molecule has 0 N–H and O–H groups in total. The first kappa shape index (κ1) is 33.9. The summed E-state index contributed by atoms with van der Waals surface area (Å²) in [6.45, 7) is 22.2. The Kier molecular flexibility index (Phi) is 13.0. The van der Waals surface area contributed by atoms with E-state index in [0.717, 1.165) is 34.4 Å². The van der Waals surface area contributed by atoms with E-state index in [1.165, 1.54) is 116 Å². The summed E-state index contributed by atoms with van der Waals surface area (Å²) >= 11 is 0. The fourth-order valence-corrected chi connectivity index (χ4v) is 7.59. The van der Waals surface area contributed by atoms with Crippen molar-refractivity contribution in [3.05, 3.63) is 0 Å². The molecule has 3 heteroatoms. The molecule has 36 heavy (non-hydrogen) atoms. The predicted octanol–water partition coefficient (Wildman–Crippen LogP) is 8.72. The van der Waals surface area contributed by atoms with E-state index < -0.39 is 0 Å². The molecular weight excluding hydrogens is 438 g/mol. The van der Waals surface area contributed by atoms with Gasteiger partial charge in [-0.1, -0.05) is 60.8 Å². The Balaban J connectivity index is 0.000000260. The number of likely N-dealkylation sites (tertiary alicyclic amines) is 3. The van der Waals surface area contributed by atoms with Crippen molar-refractivity contribution in [2.75, 3.05) is 39.3 Å². The van der Waals surface area contributed by atoms with Crippen LogP contribution in [-0.4, -0.2) is 72.1 Å². The summed E-state index contributed by atoms with van der Waals surface area (Å²) in [7, 11) is 0. The molecule has 0 amide bonds. The smallest absolute Gasteiger partial charge is 0.00532 e. The molecule has 3 heterocycles. The third kappa shape index (κ3) is 7.72. The fraction of sp³-hybridized carbons (Fsp3) is 1.00. The minimum atomic E-state index is 0. The van der Waals surface area contributed by atoms with E-state index in [-0.39, 0.29) is 22.3 Å². The fourth-order valence-electron chi connectivity index (χ4n) is 7.59. The van der Waals surface area contributed by atoms with Crippen molar-refractivity contribution < 1.29 is 0 Å². The maximum atomic E-state index is 2.62. The normalized spacial score (nSPS) is 27.2. The van der Waals surface area contributed by atoms with Crippen LogP contribution in [0.4, 0.5) is 0 Å². The van der Waals surface area contributed by atoms with Crippen LogP contribution in [0.25, 0.3) is 0 Å². The minimum Gasteiger partial charge on any atom is -0.300 e. The summed E-state index contributed by atoms with van der Waals surface area (Å²) in [6.07, 6.45) is 18.0. The highest BCUT2D eigenvalue weighted by Gasteiger charge is 2.48. The van der Waals surface area contributed by atoms with Gasteiger partial charge >= 0.3 is 0 Å². The Hall–Kier alpha value is -0.120. The largest absolute Gasteiger partial charge is 0.300 e. The van der Waals surface area contributed by atoms with Crippen molar-refractivity contribution in [2.24, 2.45) is 16.2 Å². The van der Waals surface area contributed by atoms with Gasteiger partial charge in [-0.25, -0.2) is 0 Å². The monoisotopic (exact) mass is 508 g/mol. The Labute approximate surface area is 229 Å². The second-order valence-electron chi connectivity index (χ2n) is 14.1. The van der Waals surface area contributed by atoms with Crippen LogP contribution >= 0.6 is 0 Å². The molecule has 3 saturated carbocycles. The molecule has 0 bridgehead atoms. The van der Waals surface area contributed by atoms with Crippen LogP contribution in [0.2, 0.25) is 0 Å². The number of rotatable bonds is 3. The van der Waals surface area contributed by atoms with Gasteiger partial charge in [0.05, 0.1) is 0 Å². The van der Waals surface area contributed by atoms with Crippen LogP contribution in [0.3, 0.4) is 0 Å². The van der Waals surface area contributed by atoms with Crippen LogP contribution < -0.4 is 0 Å². The number of hydrogen-bond acceptors (Lipinski definition) is 3. The van der Waals surface area contributed by atoms with Crippen LogP contribution in [0, 0.1) is 16.2 Å². The average Bonchev–Trinajstić information content (AvgIpc) is 3.14. The zero-order chi connectivity index (χ0) is 23.7. The lowest BCUT2D eigenvalue weighted by Gasteiger charge is -2.57. The maximum absolute atomic E-state index is 2.62. The third-order valence-corrected chi connectivity index (χ3v) is 10.4. The molecule has 0 aromatic heterocycles. The van der Waals surface area contributed by atoms with Crippen molar-refractivity contribution in [3.63, 3.8) is 0 Å². The lowest BCUT2D eigenvalue weighted by molar-refractivity contribution is -0.0758. The summed E-state index contributed by atoms with van der Waals surface area (Å²) in [6, 6.07) is 2.34. The molecule has 0 unspecified atom stereocenters. The molecule has 0 aromatic rings. The second kappa shape index (κ2) is 13.8. The summed E-state index contributed by atoms with van der Waals surface area (Å²) in [5.41, 5.74) is 2.40. The van der Waals surface area contributed by atoms with E-state index in [2.05, 4.69) is 56.2 Å². The first-order chi connectivity index (χ1) is 15.7. The molecule has 0 aromatic carbocycles. The van der Waals surface area contributed by atoms with E-state index in [1.807, 2.05) is 0 Å². The average molecular weight is 508 g/mol. The highest BCUT2D eigenvalue weighted by molar-refractivity contribution is 5.01. The summed E-state index contributed by atoms with van der Waals surface area (Å²) < 4.78 is 0. The SMILES string of the molecule is C.C.C.CC(C)N1CC2(CCC2)C1.CC(C)N1CC2(CCCC2)C1.CC(C)N1CC2(CCCCC2)C1. The molecule has 3 saturated heterocycles. The van der Waals surface area contributed by atoms with Gasteiger partial charge in [0.25, 0.3) is 0 Å². The second-order valence-corrected chi connectivity index (χ2v) is 14.1. The molecule has 3 nitrogen and oxygen atoms in total. The van der Waals surface area contributed by atoms with E-state index >= 15 is 0 Å². The Bertz CT molecular complexity index is 584. The number of hydrogen-bond donors (Lipinski definition) is 0. The topological polar surface area (TPSA) is 9.72 Å². The molecule has 3 aliphatic carbocycles. The highest BCUT2D eigenvalue weighted by Crippen LogP contribution is 2.49. The summed E-state index contributed by atoms with van der Waals surface area (Å²) in [5.74, 6) is 0. The summed E-state index contributed by atoms with van der Waals surface area (Å²) in [4.78, 5) is 7.80. The Morgan fingerprint density at radius 2 is 0.583 bits per heavy atom. The zero-order valence-corrected chi connectivity index (χ0v) is 23.3. The first-order valence-electron chi connectivity index (χ1n) is 14.9. The van der Waals surface area contributed by atoms with E-state index in [0.29, 0.717) is 0 Å². The van der Waals surface area contributed by atoms with Gasteiger partial charge < -0.3 is 0 Å². The molecule has 3 spiro atoms. The van der Waals surface area contributed by atoms with Gasteiger partial charge in [0.2, 0.25) is 0 Å². The van der Waals surface area contributed by atoms with Gasteiger partial charge in [0.1, 0.15) is 0 Å². The maximum Gasteiger partial charge on any atom is 0.00532 e. The van der Waals surface area contributed by atoms with Crippen LogP contribution in [-0.2, 0) is 0 Å². The van der Waals surface area contributed by atoms with Crippen molar-refractivity contribution in [1.82, 2.24) is 14.7 Å². The lowest BCUT2D eigenvalue weighted by Crippen LogP contribution is -2.61. The predicted molar refractivity (Wildman–Crippen MR) is 163 cm³/mol. The van der Waals surface area contributed by atoms with Gasteiger partial charge in [0, 0.05) is 57.4 Å². The Morgan fingerprint density at radius 3 is 0.778 bits per heavy atom. The Morgan fingerprint density at radius 1 is 0.361 bits per heavy atom. The molecule has 0 radical (unpaired) electrons. The molecule has 216 valence electrons. The van der Waals surface area contributed by atoms with Crippen molar-refractivity contribution in [3.8, 4) is 0 Å². The summed E-state index contributed by atoms with van der Waals surface area (Å²) in [5, 5.41) is 0. The van der Waals surface area contributed by atoms with Gasteiger partial charge in [-0.05, 0) is 96.3 Å². The van der Waals surface area contributed by atoms with E-state index in [9.17, 15) is 0 Å². The zero-order valence-electron chi connectivity index (χ0n) is 23.3. The standard InChI is InChI=1S/C11H21N.C10H19N.C9H17N.3CH4/c1-10(2)12-8-11(9-12)6-4-3-5-7-11;1-9(2)11-7-10(8-11)5-3-4-6-10;1-8(2)10-6-9(7-10)4-3-5-9;;;/h10H,3-9H2,1-2H3;9H,3-8H2,1-2H3;8H,3-7H2,1-2H3;3*1H4. The van der Waals surface area contributed by atoms with Crippen molar-refractivity contribution in [1.29, 1.82) is 0 Å². The molecular formula is C33H69N3. The minimum absolute atomic E-state index is 0. The lowest BCUT2D eigenvalue weighted by atomic mass is 9.63. The molecule has 3 aliphatic heterocycles. The molecule has 6 rings (SSSR count). The van der Waals surface area contributed by atoms with Crippen LogP contribution in [0.5, 0.6) is 0 Å². The van der Waals surface area contributed by atoms with Gasteiger partial charge in [-0.15, -0.1) is 0 Å². The quantitative estimate of drug-likeness (QED) is 0.378. The number of nitrogens with zero attached hydrogens (tertiary/aromatic N) is 3. The van der Waals surface area contributed by atoms with Crippen molar-refractivity contribution in [2.45, 2.75) is 159 Å². The molecule has 6 aliphatic rings. The van der Waals surface area contributed by atoms with Gasteiger partial charge in [-0.2, -0.15) is 0 Å². The van der Waals surface area contributed by atoms with Crippen LogP contribution in [0.1, 0.15) is 141 Å². The first-order valence-corrected chi connectivity index (χ1v) is 14.9. The van der Waals surface area contributed by atoms with Gasteiger partial charge in [0.15, 0.2) is 0 Å².